The highest BCUT2D eigenvalue weighted by Crippen LogP contribution is 2.61. The van der Waals surface area contributed by atoms with Gasteiger partial charge in [-0.05, 0) is 61.2 Å². The minimum absolute atomic E-state index is 0.300. The van der Waals surface area contributed by atoms with Crippen LogP contribution in [0.3, 0.4) is 0 Å². The molecule has 2 rings (SSSR count). The van der Waals surface area contributed by atoms with Gasteiger partial charge in [-0.15, -0.1) is 0 Å². The Labute approximate surface area is 123 Å². The zero-order chi connectivity index (χ0) is 15.0. The lowest BCUT2D eigenvalue weighted by Gasteiger charge is -2.58. The van der Waals surface area contributed by atoms with E-state index in [1.807, 2.05) is 0 Å². The molecular weight excluding hydrogens is 248 g/mol. The summed E-state index contributed by atoms with van der Waals surface area (Å²) in [6, 6.07) is 0. The number of rotatable bonds is 4. The number of hydrogen-bond acceptors (Lipinski definition) is 1. The zero-order valence-corrected chi connectivity index (χ0v) is 13.4. The first-order valence-corrected chi connectivity index (χ1v) is 8.17. The summed E-state index contributed by atoms with van der Waals surface area (Å²) in [5.41, 5.74) is 2.15. The van der Waals surface area contributed by atoms with Crippen LogP contribution in [0.5, 0.6) is 0 Å². The Morgan fingerprint density at radius 2 is 2.05 bits per heavy atom. The molecule has 2 fully saturated rings. The molecule has 3 atom stereocenters. The van der Waals surface area contributed by atoms with Crippen molar-refractivity contribution in [1.82, 2.24) is 0 Å². The maximum atomic E-state index is 10.8. The second-order valence-corrected chi connectivity index (χ2v) is 7.94. The average Bonchev–Trinajstić information content (AvgIpc) is 2.31. The van der Waals surface area contributed by atoms with E-state index < -0.39 is 5.97 Å². The van der Waals surface area contributed by atoms with E-state index in [-0.39, 0.29) is 0 Å². The van der Waals surface area contributed by atoms with Gasteiger partial charge in [0.1, 0.15) is 0 Å². The van der Waals surface area contributed by atoms with Crippen LogP contribution in [-0.2, 0) is 4.79 Å². The summed E-state index contributed by atoms with van der Waals surface area (Å²) in [4.78, 5) is 10.8. The van der Waals surface area contributed by atoms with Gasteiger partial charge >= 0.3 is 5.97 Å². The zero-order valence-electron chi connectivity index (χ0n) is 13.4. The van der Waals surface area contributed by atoms with Crippen LogP contribution >= 0.6 is 0 Å². The molecule has 114 valence electrons. The van der Waals surface area contributed by atoms with Crippen LogP contribution in [0.25, 0.3) is 0 Å². The van der Waals surface area contributed by atoms with Gasteiger partial charge in [0.25, 0.3) is 0 Å². The smallest absolute Gasteiger partial charge is 0.303 e. The fourth-order valence-electron chi connectivity index (χ4n) is 5.27. The topological polar surface area (TPSA) is 37.3 Å². The van der Waals surface area contributed by atoms with Crippen LogP contribution in [0.15, 0.2) is 12.2 Å². The fourth-order valence-corrected chi connectivity index (χ4v) is 5.27. The summed E-state index contributed by atoms with van der Waals surface area (Å²) >= 11 is 0. The lowest BCUT2D eigenvalue weighted by atomic mass is 9.47. The Bertz CT molecular complexity index is 396. The summed E-state index contributed by atoms with van der Waals surface area (Å²) in [5.74, 6) is 0.626. The van der Waals surface area contributed by atoms with Crippen LogP contribution in [-0.4, -0.2) is 11.1 Å². The molecule has 1 N–H and O–H groups in total. The first-order chi connectivity index (χ1) is 9.27. The number of hydrogen-bond donors (Lipinski definition) is 1. The lowest BCUT2D eigenvalue weighted by molar-refractivity contribution is -0.137. The molecule has 2 saturated carbocycles. The van der Waals surface area contributed by atoms with E-state index in [0.29, 0.717) is 23.2 Å². The van der Waals surface area contributed by atoms with E-state index in [2.05, 4.69) is 27.4 Å². The summed E-state index contributed by atoms with van der Waals surface area (Å²) in [6.45, 7) is 11.6. The number of aliphatic carboxylic acids is 1. The minimum atomic E-state index is -0.669. The molecule has 2 nitrogen and oxygen atoms in total. The van der Waals surface area contributed by atoms with Gasteiger partial charge in [0.2, 0.25) is 0 Å². The Morgan fingerprint density at radius 1 is 1.35 bits per heavy atom. The Balaban J connectivity index is 2.15. The van der Waals surface area contributed by atoms with Crippen molar-refractivity contribution in [3.05, 3.63) is 12.2 Å². The third-order valence-electron chi connectivity index (χ3n) is 6.20. The Morgan fingerprint density at radius 3 is 2.70 bits per heavy atom. The van der Waals surface area contributed by atoms with Crippen molar-refractivity contribution in [1.29, 1.82) is 0 Å². The summed E-state index contributed by atoms with van der Waals surface area (Å²) in [6.07, 6.45) is 8.45. The van der Waals surface area contributed by atoms with Crippen molar-refractivity contribution >= 4 is 5.97 Å². The quantitative estimate of drug-likeness (QED) is 0.731. The first kappa shape index (κ1) is 15.6. The number of allylic oxidation sites excluding steroid dienone is 1. The highest BCUT2D eigenvalue weighted by atomic mass is 16.4. The Kier molecular flexibility index (Phi) is 4.32. The van der Waals surface area contributed by atoms with Gasteiger partial charge < -0.3 is 5.11 Å². The monoisotopic (exact) mass is 278 g/mol. The maximum Gasteiger partial charge on any atom is 0.303 e. The van der Waals surface area contributed by atoms with Gasteiger partial charge in [-0.25, -0.2) is 0 Å². The molecule has 0 unspecified atom stereocenters. The van der Waals surface area contributed by atoms with E-state index in [0.717, 1.165) is 25.2 Å². The van der Waals surface area contributed by atoms with Gasteiger partial charge in [0.05, 0.1) is 0 Å². The van der Waals surface area contributed by atoms with E-state index >= 15 is 0 Å². The van der Waals surface area contributed by atoms with Gasteiger partial charge in [-0.1, -0.05) is 39.3 Å². The largest absolute Gasteiger partial charge is 0.481 e. The molecule has 0 spiro atoms. The molecule has 0 aliphatic heterocycles. The molecule has 0 aromatic heterocycles. The van der Waals surface area contributed by atoms with Crippen molar-refractivity contribution in [2.24, 2.45) is 22.7 Å². The fraction of sp³-hybridized carbons (Fsp3) is 0.833. The molecule has 0 amide bonds. The van der Waals surface area contributed by atoms with Gasteiger partial charge in [-0.3, -0.25) is 4.79 Å². The Hall–Kier alpha value is -0.790. The number of carboxylic acids is 1. The molecule has 2 aliphatic carbocycles. The molecule has 2 aliphatic rings. The molecule has 0 saturated heterocycles. The molecule has 0 heterocycles. The molecule has 20 heavy (non-hydrogen) atoms. The van der Waals surface area contributed by atoms with Crippen LogP contribution < -0.4 is 0 Å². The standard InChI is InChI=1S/C18H30O2/c1-13-9-10-15-17(2,3)11-6-12-18(15,4)14(13)7-5-8-16(19)20/h14-15H,1,5-12H2,2-4H3,(H,19,20)/t14-,15-,18+/m0/s1. The molecule has 0 aromatic carbocycles. The number of carboxylic acid groups (broad SMARTS) is 1. The van der Waals surface area contributed by atoms with Crippen molar-refractivity contribution in [3.8, 4) is 0 Å². The molecule has 0 aromatic rings. The highest BCUT2D eigenvalue weighted by molar-refractivity contribution is 5.66. The molecule has 0 bridgehead atoms. The van der Waals surface area contributed by atoms with Gasteiger partial charge in [0.15, 0.2) is 0 Å². The van der Waals surface area contributed by atoms with Gasteiger partial charge in [0, 0.05) is 6.42 Å². The summed E-state index contributed by atoms with van der Waals surface area (Å²) < 4.78 is 0. The first-order valence-electron chi connectivity index (χ1n) is 8.17. The van der Waals surface area contributed by atoms with Crippen LogP contribution in [0.4, 0.5) is 0 Å². The van der Waals surface area contributed by atoms with Crippen molar-refractivity contribution in [3.63, 3.8) is 0 Å². The molecule has 0 radical (unpaired) electrons. The molecular formula is C18H30O2. The van der Waals surface area contributed by atoms with E-state index in [4.69, 9.17) is 5.11 Å². The maximum absolute atomic E-state index is 10.8. The summed E-state index contributed by atoms with van der Waals surface area (Å²) in [7, 11) is 0. The number of carbonyl (C=O) groups is 1. The van der Waals surface area contributed by atoms with E-state index in [1.54, 1.807) is 0 Å². The van der Waals surface area contributed by atoms with Crippen LogP contribution in [0.1, 0.15) is 72.1 Å². The predicted molar refractivity (Wildman–Crippen MR) is 82.6 cm³/mol. The predicted octanol–water partition coefficient (Wildman–Crippen LogP) is 5.04. The minimum Gasteiger partial charge on any atom is -0.481 e. The second kappa shape index (κ2) is 5.54. The van der Waals surface area contributed by atoms with Gasteiger partial charge in [-0.2, -0.15) is 0 Å². The normalized spacial score (nSPS) is 36.5. The summed E-state index contributed by atoms with van der Waals surface area (Å²) in [5, 5.41) is 8.87. The van der Waals surface area contributed by atoms with E-state index in [1.165, 1.54) is 31.3 Å². The lowest BCUT2D eigenvalue weighted by Crippen LogP contribution is -2.49. The SMILES string of the molecule is C=C1CC[C@H]2C(C)(C)CCC[C@]2(C)[C@H]1CCCC(=O)O. The highest BCUT2D eigenvalue weighted by Gasteiger charge is 2.52. The van der Waals surface area contributed by atoms with E-state index in [9.17, 15) is 4.79 Å². The third kappa shape index (κ3) is 2.80. The molecule has 2 heteroatoms. The van der Waals surface area contributed by atoms with Crippen molar-refractivity contribution in [2.75, 3.05) is 0 Å². The van der Waals surface area contributed by atoms with Crippen molar-refractivity contribution in [2.45, 2.75) is 72.1 Å². The third-order valence-corrected chi connectivity index (χ3v) is 6.20. The van der Waals surface area contributed by atoms with Crippen LogP contribution in [0.2, 0.25) is 0 Å². The second-order valence-electron chi connectivity index (χ2n) is 7.94. The number of fused-ring (bicyclic) bond motifs is 1. The van der Waals surface area contributed by atoms with Crippen LogP contribution in [0, 0.1) is 22.7 Å². The average molecular weight is 278 g/mol. The van der Waals surface area contributed by atoms with Crippen molar-refractivity contribution < 1.29 is 9.90 Å².